The van der Waals surface area contributed by atoms with Crippen molar-refractivity contribution in [2.75, 3.05) is 18.9 Å². The van der Waals surface area contributed by atoms with E-state index in [-0.39, 0.29) is 17.7 Å². The first-order valence-electron chi connectivity index (χ1n) is 9.13. The van der Waals surface area contributed by atoms with Crippen LogP contribution in [0.25, 0.3) is 0 Å². The lowest BCUT2D eigenvalue weighted by Crippen LogP contribution is -2.35. The van der Waals surface area contributed by atoms with Gasteiger partial charge >= 0.3 is 0 Å². The van der Waals surface area contributed by atoms with Crippen LogP contribution in [0.5, 0.6) is 0 Å². The molecule has 0 aromatic carbocycles. The van der Waals surface area contributed by atoms with Crippen LogP contribution in [-0.4, -0.2) is 37.7 Å². The standard InChI is InChI=1S/C18H29NO4S/c1-14(12-22-16-6-3-4-7-16)13-24(20,21)19-11-5-8-17(19)18-10-9-15(2)23-18/h9-10,14,16-17H,3-8,11-13H2,1-2H3/t14-,17-/m1/s1. The monoisotopic (exact) mass is 355 g/mol. The Morgan fingerprint density at radius 1 is 1.25 bits per heavy atom. The molecule has 2 fully saturated rings. The first kappa shape index (κ1) is 18.0. The normalized spacial score (nSPS) is 24.7. The zero-order chi connectivity index (χ0) is 17.2. The van der Waals surface area contributed by atoms with Crippen molar-refractivity contribution < 1.29 is 17.6 Å². The van der Waals surface area contributed by atoms with Crippen LogP contribution in [0.2, 0.25) is 0 Å². The predicted molar refractivity (Wildman–Crippen MR) is 93.3 cm³/mol. The number of hydrogen-bond donors (Lipinski definition) is 0. The number of sulfonamides is 1. The largest absolute Gasteiger partial charge is 0.465 e. The fourth-order valence-corrected chi connectivity index (χ4v) is 5.86. The van der Waals surface area contributed by atoms with Crippen molar-refractivity contribution >= 4 is 10.0 Å². The highest BCUT2D eigenvalue weighted by Gasteiger charge is 2.37. The Morgan fingerprint density at radius 3 is 2.67 bits per heavy atom. The van der Waals surface area contributed by atoms with E-state index in [0.717, 1.165) is 37.2 Å². The molecule has 2 atom stereocenters. The SMILES string of the molecule is Cc1ccc([C@H]2CCCN2S(=O)(=O)C[C@H](C)COC2CCCC2)o1. The van der Waals surface area contributed by atoms with Crippen molar-refractivity contribution in [1.29, 1.82) is 0 Å². The van der Waals surface area contributed by atoms with E-state index in [1.54, 1.807) is 4.31 Å². The second-order valence-electron chi connectivity index (χ2n) is 7.34. The van der Waals surface area contributed by atoms with E-state index in [1.165, 1.54) is 12.8 Å². The number of hydrogen-bond acceptors (Lipinski definition) is 4. The van der Waals surface area contributed by atoms with Crippen LogP contribution < -0.4 is 0 Å². The molecule has 0 unspecified atom stereocenters. The van der Waals surface area contributed by atoms with Crippen molar-refractivity contribution in [3.05, 3.63) is 23.7 Å². The first-order chi connectivity index (χ1) is 11.5. The molecule has 5 nitrogen and oxygen atoms in total. The zero-order valence-electron chi connectivity index (χ0n) is 14.7. The summed E-state index contributed by atoms with van der Waals surface area (Å²) in [4.78, 5) is 0. The Kier molecular flexibility index (Phi) is 5.67. The third-order valence-corrected chi connectivity index (χ3v) is 7.21. The summed E-state index contributed by atoms with van der Waals surface area (Å²) in [7, 11) is -3.30. The smallest absolute Gasteiger partial charge is 0.215 e. The van der Waals surface area contributed by atoms with Gasteiger partial charge in [-0.15, -0.1) is 0 Å². The number of aryl methyl sites for hydroxylation is 1. The minimum absolute atomic E-state index is 0.00943. The molecule has 0 bridgehead atoms. The summed E-state index contributed by atoms with van der Waals surface area (Å²) in [5.41, 5.74) is 0. The van der Waals surface area contributed by atoms with Crippen LogP contribution in [0, 0.1) is 12.8 Å². The van der Waals surface area contributed by atoms with Gasteiger partial charge in [-0.1, -0.05) is 19.8 Å². The van der Waals surface area contributed by atoms with Crippen molar-refractivity contribution in [3.8, 4) is 0 Å². The fourth-order valence-electron chi connectivity index (χ4n) is 3.85. The minimum atomic E-state index is -3.30. The summed E-state index contributed by atoms with van der Waals surface area (Å²) in [6, 6.07) is 3.66. The van der Waals surface area contributed by atoms with Crippen molar-refractivity contribution in [2.45, 2.75) is 64.5 Å². The third-order valence-electron chi connectivity index (χ3n) is 5.06. The Morgan fingerprint density at radius 2 is 2.00 bits per heavy atom. The molecule has 0 amide bonds. The second kappa shape index (κ2) is 7.58. The molecule has 1 aliphatic carbocycles. The van der Waals surface area contributed by atoms with Crippen molar-refractivity contribution in [3.63, 3.8) is 0 Å². The van der Waals surface area contributed by atoms with E-state index < -0.39 is 10.0 Å². The zero-order valence-corrected chi connectivity index (χ0v) is 15.6. The Labute approximate surface area is 145 Å². The molecule has 24 heavy (non-hydrogen) atoms. The molecular formula is C18H29NO4S. The predicted octanol–water partition coefficient (Wildman–Crippen LogP) is 3.65. The summed E-state index contributed by atoms with van der Waals surface area (Å²) in [6.45, 7) is 4.97. The molecule has 2 heterocycles. The molecule has 1 aromatic heterocycles. The van der Waals surface area contributed by atoms with E-state index in [2.05, 4.69) is 0 Å². The van der Waals surface area contributed by atoms with Crippen LogP contribution in [0.3, 0.4) is 0 Å². The van der Waals surface area contributed by atoms with Gasteiger partial charge in [0.15, 0.2) is 0 Å². The molecule has 0 N–H and O–H groups in total. The Hall–Kier alpha value is -0.850. The van der Waals surface area contributed by atoms with Crippen LogP contribution in [-0.2, 0) is 14.8 Å². The molecule has 1 saturated heterocycles. The van der Waals surface area contributed by atoms with Gasteiger partial charge in [0.2, 0.25) is 10.0 Å². The number of nitrogens with zero attached hydrogens (tertiary/aromatic N) is 1. The molecule has 1 saturated carbocycles. The van der Waals surface area contributed by atoms with Gasteiger partial charge < -0.3 is 9.15 Å². The molecule has 0 spiro atoms. The first-order valence-corrected chi connectivity index (χ1v) is 10.7. The molecular weight excluding hydrogens is 326 g/mol. The molecule has 1 aliphatic heterocycles. The van der Waals surface area contributed by atoms with E-state index in [9.17, 15) is 8.42 Å². The van der Waals surface area contributed by atoms with E-state index in [4.69, 9.17) is 9.15 Å². The maximum Gasteiger partial charge on any atom is 0.215 e. The topological polar surface area (TPSA) is 59.8 Å². The van der Waals surface area contributed by atoms with Crippen molar-refractivity contribution in [2.24, 2.45) is 5.92 Å². The molecule has 2 aliphatic rings. The number of ether oxygens (including phenoxy) is 1. The lowest BCUT2D eigenvalue weighted by Gasteiger charge is -2.25. The number of rotatable bonds is 7. The number of furan rings is 1. The van der Waals surface area contributed by atoms with Crippen LogP contribution >= 0.6 is 0 Å². The summed E-state index contributed by atoms with van der Waals surface area (Å²) in [6.07, 6.45) is 6.75. The van der Waals surface area contributed by atoms with Crippen LogP contribution in [0.4, 0.5) is 0 Å². The quantitative estimate of drug-likeness (QED) is 0.749. The van der Waals surface area contributed by atoms with Gasteiger partial charge in [-0.2, -0.15) is 4.31 Å². The molecule has 0 radical (unpaired) electrons. The lowest BCUT2D eigenvalue weighted by molar-refractivity contribution is 0.0410. The maximum atomic E-state index is 12.9. The molecule has 6 heteroatoms. The average Bonchev–Trinajstić information content (AvgIpc) is 3.25. The summed E-state index contributed by atoms with van der Waals surface area (Å²) in [5.74, 6) is 1.75. The van der Waals surface area contributed by atoms with E-state index in [0.29, 0.717) is 19.3 Å². The van der Waals surface area contributed by atoms with Gasteiger partial charge in [0.25, 0.3) is 0 Å². The summed E-state index contributed by atoms with van der Waals surface area (Å²) >= 11 is 0. The second-order valence-corrected chi connectivity index (χ2v) is 9.31. The summed E-state index contributed by atoms with van der Waals surface area (Å²) in [5, 5.41) is 0. The maximum absolute atomic E-state index is 12.9. The van der Waals surface area contributed by atoms with Crippen LogP contribution in [0.1, 0.15) is 63.0 Å². The van der Waals surface area contributed by atoms with Crippen LogP contribution in [0.15, 0.2) is 16.5 Å². The summed E-state index contributed by atoms with van der Waals surface area (Å²) < 4.78 is 38.9. The highest BCUT2D eigenvalue weighted by Crippen LogP contribution is 2.35. The van der Waals surface area contributed by atoms with E-state index >= 15 is 0 Å². The highest BCUT2D eigenvalue weighted by molar-refractivity contribution is 7.89. The van der Waals surface area contributed by atoms with Gasteiger partial charge in [-0.05, 0) is 50.7 Å². The van der Waals surface area contributed by atoms with Gasteiger partial charge in [0.1, 0.15) is 11.5 Å². The minimum Gasteiger partial charge on any atom is -0.465 e. The third kappa shape index (κ3) is 4.21. The van der Waals surface area contributed by atoms with Crippen molar-refractivity contribution in [1.82, 2.24) is 4.31 Å². The Balaban J connectivity index is 1.59. The fraction of sp³-hybridized carbons (Fsp3) is 0.778. The molecule has 136 valence electrons. The molecule has 3 rings (SSSR count). The highest BCUT2D eigenvalue weighted by atomic mass is 32.2. The Bertz CT molecular complexity index is 633. The van der Waals surface area contributed by atoms with Gasteiger partial charge in [-0.25, -0.2) is 8.42 Å². The van der Waals surface area contributed by atoms with Gasteiger partial charge in [0, 0.05) is 6.54 Å². The van der Waals surface area contributed by atoms with Gasteiger partial charge in [0.05, 0.1) is 24.5 Å². The lowest BCUT2D eigenvalue weighted by atomic mass is 10.2. The van der Waals surface area contributed by atoms with Gasteiger partial charge in [-0.3, -0.25) is 0 Å². The van der Waals surface area contributed by atoms with E-state index in [1.807, 2.05) is 26.0 Å². The molecule has 1 aromatic rings. The average molecular weight is 356 g/mol.